The van der Waals surface area contributed by atoms with Crippen LogP contribution in [-0.4, -0.2) is 96.7 Å². The number of aliphatic hydroxyl groups is 1. The molecule has 0 aliphatic heterocycles. The molecule has 7 atom stereocenters. The van der Waals surface area contributed by atoms with Gasteiger partial charge in [-0.15, -0.1) is 0 Å². The normalized spacial score (nSPS) is 14.4. The molecule has 0 aromatic rings. The van der Waals surface area contributed by atoms with Crippen LogP contribution in [0.4, 0.5) is 0 Å². The Kier molecular flexibility index (Phi) is 72.8. The van der Waals surface area contributed by atoms with Gasteiger partial charge in [-0.1, -0.05) is 389 Å². The molecule has 0 aromatic carbocycles. The average molecular weight is 1510 g/mol. The van der Waals surface area contributed by atoms with E-state index in [0.29, 0.717) is 25.7 Å². The first-order valence-electron chi connectivity index (χ1n) is 43.4. The van der Waals surface area contributed by atoms with Crippen LogP contribution in [0.15, 0.2) is 0 Å². The van der Waals surface area contributed by atoms with Gasteiger partial charge in [0, 0.05) is 25.7 Å². The van der Waals surface area contributed by atoms with Gasteiger partial charge in [0.15, 0.2) is 12.2 Å². The van der Waals surface area contributed by atoms with Crippen LogP contribution in [-0.2, 0) is 65.4 Å². The Morgan fingerprint density at radius 2 is 0.495 bits per heavy atom. The fraction of sp³-hybridized carbons (Fsp3) is 0.952. The second-order valence-electron chi connectivity index (χ2n) is 31.2. The quantitative estimate of drug-likeness (QED) is 0.0222. The second-order valence-corrected chi connectivity index (χ2v) is 34.1. The molecule has 17 nitrogen and oxygen atoms in total. The maximum Gasteiger partial charge on any atom is 0.472 e. The lowest BCUT2D eigenvalue weighted by atomic mass is 9.99. The summed E-state index contributed by atoms with van der Waals surface area (Å²) in [6, 6.07) is 0. The number of phosphoric acid groups is 2. The van der Waals surface area contributed by atoms with Crippen molar-refractivity contribution in [2.75, 3.05) is 39.6 Å². The fourth-order valence-corrected chi connectivity index (χ4v) is 14.5. The first kappa shape index (κ1) is 101. The average Bonchev–Trinajstić information content (AvgIpc) is 0.909. The van der Waals surface area contributed by atoms with Crippen molar-refractivity contribution >= 4 is 39.5 Å². The van der Waals surface area contributed by atoms with Crippen LogP contribution in [0, 0.1) is 17.8 Å². The van der Waals surface area contributed by atoms with Gasteiger partial charge in [0.1, 0.15) is 19.3 Å². The van der Waals surface area contributed by atoms with Crippen molar-refractivity contribution in [3.05, 3.63) is 0 Å². The summed E-state index contributed by atoms with van der Waals surface area (Å²) in [5.41, 5.74) is 0. The van der Waals surface area contributed by atoms with Gasteiger partial charge in [0.2, 0.25) is 0 Å². The Labute approximate surface area is 632 Å². The lowest BCUT2D eigenvalue weighted by Crippen LogP contribution is -2.30. The van der Waals surface area contributed by atoms with E-state index in [-0.39, 0.29) is 25.7 Å². The molecule has 0 heterocycles. The third-order valence-electron chi connectivity index (χ3n) is 20.4. The van der Waals surface area contributed by atoms with Crippen LogP contribution in [0.25, 0.3) is 0 Å². The van der Waals surface area contributed by atoms with Crippen molar-refractivity contribution in [3.63, 3.8) is 0 Å². The van der Waals surface area contributed by atoms with Gasteiger partial charge in [-0.2, -0.15) is 0 Å². The highest BCUT2D eigenvalue weighted by atomic mass is 31.2. The lowest BCUT2D eigenvalue weighted by Gasteiger charge is -2.21. The smallest absolute Gasteiger partial charge is 0.462 e. The van der Waals surface area contributed by atoms with E-state index in [1.54, 1.807) is 0 Å². The van der Waals surface area contributed by atoms with Crippen molar-refractivity contribution < 1.29 is 80.2 Å². The first-order valence-corrected chi connectivity index (χ1v) is 46.4. The molecule has 0 aromatic heterocycles. The fourth-order valence-electron chi connectivity index (χ4n) is 13.0. The van der Waals surface area contributed by atoms with Crippen molar-refractivity contribution in [3.8, 4) is 0 Å². The summed E-state index contributed by atoms with van der Waals surface area (Å²) in [5.74, 6) is 0.272. The summed E-state index contributed by atoms with van der Waals surface area (Å²) in [7, 11) is -9.93. The van der Waals surface area contributed by atoms with Gasteiger partial charge in [-0.25, -0.2) is 9.13 Å². The van der Waals surface area contributed by atoms with E-state index in [0.717, 1.165) is 108 Å². The first-order chi connectivity index (χ1) is 49.8. The van der Waals surface area contributed by atoms with Crippen LogP contribution >= 0.6 is 15.6 Å². The van der Waals surface area contributed by atoms with Crippen LogP contribution in [0.3, 0.4) is 0 Å². The Bertz CT molecular complexity index is 2000. The summed E-state index contributed by atoms with van der Waals surface area (Å²) in [4.78, 5) is 73.2. The van der Waals surface area contributed by atoms with Crippen LogP contribution in [0.1, 0.15) is 440 Å². The maximum absolute atomic E-state index is 13.1. The van der Waals surface area contributed by atoms with Crippen molar-refractivity contribution in [2.45, 2.75) is 458 Å². The lowest BCUT2D eigenvalue weighted by molar-refractivity contribution is -0.161. The highest BCUT2D eigenvalue weighted by Crippen LogP contribution is 2.45. The van der Waals surface area contributed by atoms with Crippen molar-refractivity contribution in [1.82, 2.24) is 0 Å². The van der Waals surface area contributed by atoms with Gasteiger partial charge < -0.3 is 33.8 Å². The molecule has 0 bridgehead atoms. The third-order valence-corrected chi connectivity index (χ3v) is 22.3. The predicted molar refractivity (Wildman–Crippen MR) is 423 cm³/mol. The van der Waals surface area contributed by atoms with Crippen LogP contribution in [0.5, 0.6) is 0 Å². The molecule has 0 fully saturated rings. The molecular weight excluding hydrogens is 1340 g/mol. The van der Waals surface area contributed by atoms with E-state index in [4.69, 9.17) is 37.0 Å². The number of hydrogen-bond acceptors (Lipinski definition) is 15. The van der Waals surface area contributed by atoms with Crippen LogP contribution < -0.4 is 0 Å². The minimum absolute atomic E-state index is 0.106. The second kappa shape index (κ2) is 74.2. The third kappa shape index (κ3) is 75.3. The highest BCUT2D eigenvalue weighted by molar-refractivity contribution is 7.47. The number of carbonyl (C=O) groups is 4. The topological polar surface area (TPSA) is 237 Å². The summed E-state index contributed by atoms with van der Waals surface area (Å²) < 4.78 is 68.9. The van der Waals surface area contributed by atoms with Gasteiger partial charge in [0.25, 0.3) is 0 Å². The standard InChI is InChI=1S/C84H164O17P2/c1-8-11-12-13-14-15-16-17-18-19-20-21-22-23-28-31-37-46-53-60-67-83(88)100-79(71-94-81(86)65-58-51-44-36-30-27-25-24-26-29-34-41-48-55-62-75(4)5)73-98-102(90,91)96-69-78(85)70-97-103(92,93)99-74-80(72-95-82(87)66-59-52-45-40-39-43-50-57-64-77(7)10-3)101-84(89)68-61-54-47-38-33-32-35-42-49-56-63-76(6)9-2/h75-80,85H,8-74H2,1-7H3,(H,90,91)(H,92,93)/t76?,77?,78-,79-,80-/m1/s1. The monoisotopic (exact) mass is 1510 g/mol. The number of phosphoric ester groups is 2. The number of esters is 4. The molecule has 612 valence electrons. The molecule has 0 aliphatic carbocycles. The van der Waals surface area contributed by atoms with E-state index in [1.807, 2.05) is 0 Å². The number of ether oxygens (including phenoxy) is 4. The molecule has 0 rings (SSSR count). The van der Waals surface area contributed by atoms with Gasteiger partial charge in [-0.3, -0.25) is 37.3 Å². The molecule has 0 aliphatic rings. The molecule has 0 radical (unpaired) electrons. The Morgan fingerprint density at radius 3 is 0.738 bits per heavy atom. The molecule has 4 unspecified atom stereocenters. The van der Waals surface area contributed by atoms with E-state index < -0.39 is 97.5 Å². The molecular formula is C84H164O17P2. The molecule has 19 heteroatoms. The van der Waals surface area contributed by atoms with E-state index >= 15 is 0 Å². The summed E-state index contributed by atoms with van der Waals surface area (Å²) in [6.45, 7) is 12.0. The Balaban J connectivity index is 5.26. The predicted octanol–water partition coefficient (Wildman–Crippen LogP) is 25.3. The number of hydrogen-bond donors (Lipinski definition) is 3. The molecule has 0 saturated heterocycles. The zero-order valence-corrected chi connectivity index (χ0v) is 69.6. The zero-order chi connectivity index (χ0) is 75.8. The van der Waals surface area contributed by atoms with Gasteiger partial charge in [0.05, 0.1) is 26.4 Å². The molecule has 0 spiro atoms. The zero-order valence-electron chi connectivity index (χ0n) is 67.8. The number of unbranched alkanes of at least 4 members (excludes halogenated alkanes) is 48. The highest BCUT2D eigenvalue weighted by Gasteiger charge is 2.30. The van der Waals surface area contributed by atoms with E-state index in [9.17, 15) is 43.2 Å². The largest absolute Gasteiger partial charge is 0.472 e. The van der Waals surface area contributed by atoms with Crippen molar-refractivity contribution in [1.29, 1.82) is 0 Å². The summed E-state index contributed by atoms with van der Waals surface area (Å²) in [5, 5.41) is 10.7. The molecule has 3 N–H and O–H groups in total. The molecule has 0 saturated carbocycles. The minimum atomic E-state index is -4.97. The number of rotatable bonds is 82. The van der Waals surface area contributed by atoms with Gasteiger partial charge >= 0.3 is 39.5 Å². The summed E-state index contributed by atoms with van der Waals surface area (Å²) in [6.07, 6.45) is 63.7. The minimum Gasteiger partial charge on any atom is -0.462 e. The van der Waals surface area contributed by atoms with Crippen LogP contribution in [0.2, 0.25) is 0 Å². The number of aliphatic hydroxyl groups excluding tert-OH is 1. The van der Waals surface area contributed by atoms with E-state index in [2.05, 4.69) is 48.5 Å². The number of carbonyl (C=O) groups excluding carboxylic acids is 4. The Morgan fingerprint density at radius 1 is 0.282 bits per heavy atom. The van der Waals surface area contributed by atoms with Crippen molar-refractivity contribution in [2.24, 2.45) is 17.8 Å². The maximum atomic E-state index is 13.1. The Hall–Kier alpha value is -1.94. The molecule has 0 amide bonds. The SMILES string of the molecule is CCCCCCCCCCCCCCCCCCCCCCC(=O)O[C@H](COC(=O)CCCCCCCCCCCCCCCCC(C)C)COP(=O)(O)OC[C@@H](O)COP(=O)(O)OC[C@@H](COC(=O)CCCCCCCCCCC(C)CC)OC(=O)CCCCCCCCCCCCC(C)CC. The molecule has 103 heavy (non-hydrogen) atoms. The summed E-state index contributed by atoms with van der Waals surface area (Å²) >= 11 is 0. The van der Waals surface area contributed by atoms with E-state index in [1.165, 1.54) is 250 Å². The van der Waals surface area contributed by atoms with Gasteiger partial charge in [-0.05, 0) is 43.4 Å².